The standard InChI is InChI=1S/2C18H15P.CO.BrH.Ir/c2*1-4-10-16(11-5-1)19(17-12-6-2-7-13-17)18-14-8-3-9-15-18;1-2;;/h2*1-15H;;1H;/q;;-1;;. The molecule has 2 radical (unpaired) electrons. The van der Waals surface area contributed by atoms with Gasteiger partial charge in [0.25, 0.3) is 0 Å². The molecule has 6 aromatic rings. The van der Waals surface area contributed by atoms with Crippen LogP contribution >= 0.6 is 32.8 Å². The van der Waals surface area contributed by atoms with Gasteiger partial charge in [-0.3, -0.25) is 0 Å². The van der Waals surface area contributed by atoms with Crippen LogP contribution in [-0.2, 0) is 24.9 Å². The summed E-state index contributed by atoms with van der Waals surface area (Å²) in [5.41, 5.74) is 0. The minimum atomic E-state index is -0.446. The maximum absolute atomic E-state index is 7.50. The molecule has 0 saturated carbocycles. The molecule has 0 fully saturated rings. The summed E-state index contributed by atoms with van der Waals surface area (Å²) in [6.07, 6.45) is 0. The van der Waals surface area contributed by atoms with E-state index >= 15 is 0 Å². The van der Waals surface area contributed by atoms with Gasteiger partial charge in [0, 0.05) is 20.1 Å². The molecule has 5 heteroatoms. The molecule has 0 atom stereocenters. The van der Waals surface area contributed by atoms with Crippen molar-refractivity contribution in [2.75, 3.05) is 0 Å². The molecule has 1 nitrogen and oxygen atoms in total. The SMILES string of the molecule is Br.[C-]=O.[Ir].c1ccc(P(c2ccccc2)c2ccccc2)cc1.c1ccc(P(c2ccccc2)c2ccccc2)cc1. The summed E-state index contributed by atoms with van der Waals surface area (Å²) in [5.74, 6) is 0. The smallest absolute Gasteiger partial charge is 0 e. The van der Waals surface area contributed by atoms with Crippen LogP contribution in [0.4, 0.5) is 0 Å². The predicted octanol–water partition coefficient (Wildman–Crippen LogP) is 7.07. The zero-order chi connectivity index (χ0) is 27.8. The van der Waals surface area contributed by atoms with Gasteiger partial charge >= 0.3 is 0 Å². The fourth-order valence-corrected chi connectivity index (χ4v) is 8.97. The van der Waals surface area contributed by atoms with E-state index in [-0.39, 0.29) is 37.1 Å². The van der Waals surface area contributed by atoms with Crippen LogP contribution in [0.1, 0.15) is 0 Å². The third-order valence-corrected chi connectivity index (χ3v) is 11.0. The number of halogens is 1. The van der Waals surface area contributed by atoms with Crippen LogP contribution in [0.2, 0.25) is 0 Å². The minimum absolute atomic E-state index is 0. The van der Waals surface area contributed by atoms with Crippen molar-refractivity contribution in [1.29, 1.82) is 0 Å². The number of rotatable bonds is 6. The van der Waals surface area contributed by atoms with E-state index in [4.69, 9.17) is 4.79 Å². The molecule has 0 unspecified atom stereocenters. The summed E-state index contributed by atoms with van der Waals surface area (Å²) in [5, 5.41) is 8.39. The topological polar surface area (TPSA) is 17.1 Å². The van der Waals surface area contributed by atoms with Crippen LogP contribution in [-0.4, -0.2) is 6.79 Å². The van der Waals surface area contributed by atoms with Crippen LogP contribution in [0.5, 0.6) is 0 Å². The van der Waals surface area contributed by atoms with Crippen LogP contribution in [0, 0.1) is 0 Å². The Morgan fingerprint density at radius 3 is 0.524 bits per heavy atom. The molecule has 0 aromatic heterocycles. The second kappa shape index (κ2) is 20.0. The third-order valence-electron chi connectivity index (χ3n) is 6.09. The van der Waals surface area contributed by atoms with Crippen molar-refractivity contribution in [3.05, 3.63) is 182 Å². The molecule has 6 aromatic carbocycles. The van der Waals surface area contributed by atoms with Crippen LogP contribution in [0.15, 0.2) is 182 Å². The second-order valence-electron chi connectivity index (χ2n) is 8.68. The van der Waals surface area contributed by atoms with Gasteiger partial charge < -0.3 is 11.6 Å². The first-order chi connectivity index (χ1) is 19.9. The quantitative estimate of drug-likeness (QED) is 0.130. The first-order valence-electron chi connectivity index (χ1n) is 13.0. The van der Waals surface area contributed by atoms with E-state index in [0.29, 0.717) is 0 Å². The summed E-state index contributed by atoms with van der Waals surface area (Å²) in [6.45, 7) is 4.50. The monoisotopic (exact) mass is 825 g/mol. The molecular formula is C37H31BrIrOP2-. The Hall–Kier alpha value is -3.02. The molecule has 0 N–H and O–H groups in total. The first-order valence-corrected chi connectivity index (χ1v) is 15.7. The number of hydrogen-bond donors (Lipinski definition) is 0. The van der Waals surface area contributed by atoms with E-state index in [1.165, 1.54) is 31.8 Å². The molecule has 0 saturated heterocycles. The van der Waals surface area contributed by atoms with Crippen molar-refractivity contribution in [2.24, 2.45) is 0 Å². The molecule has 0 aliphatic heterocycles. The fourth-order valence-electron chi connectivity index (χ4n) is 4.36. The van der Waals surface area contributed by atoms with Gasteiger partial charge in [-0.05, 0) is 47.7 Å². The Labute approximate surface area is 276 Å². The zero-order valence-corrected chi connectivity index (χ0v) is 28.8. The summed E-state index contributed by atoms with van der Waals surface area (Å²) in [7, 11) is -0.892. The van der Waals surface area contributed by atoms with E-state index in [1.54, 1.807) is 0 Å². The van der Waals surface area contributed by atoms with Crippen LogP contribution in [0.3, 0.4) is 0 Å². The van der Waals surface area contributed by atoms with E-state index < -0.39 is 15.8 Å². The van der Waals surface area contributed by atoms with Crippen molar-refractivity contribution in [3.63, 3.8) is 0 Å². The average molecular weight is 826 g/mol. The number of carbonyl (C=O) groups excluding carboxylic acids is 1. The van der Waals surface area contributed by atoms with E-state index in [9.17, 15) is 0 Å². The van der Waals surface area contributed by atoms with Gasteiger partial charge in [-0.2, -0.15) is 0 Å². The van der Waals surface area contributed by atoms with Crippen molar-refractivity contribution < 1.29 is 24.9 Å². The van der Waals surface area contributed by atoms with E-state index in [2.05, 4.69) is 189 Å². The van der Waals surface area contributed by atoms with Crippen LogP contribution in [0.25, 0.3) is 0 Å². The Bertz CT molecular complexity index is 1200. The average Bonchev–Trinajstić information content (AvgIpc) is 3.06. The van der Waals surface area contributed by atoms with Gasteiger partial charge in [0.05, 0.1) is 0 Å². The molecule has 0 amide bonds. The summed E-state index contributed by atoms with van der Waals surface area (Å²) in [4.78, 5) is 7.50. The maximum Gasteiger partial charge on any atom is 0 e. The summed E-state index contributed by atoms with van der Waals surface area (Å²) >= 11 is 0. The Morgan fingerprint density at radius 1 is 0.286 bits per heavy atom. The van der Waals surface area contributed by atoms with Gasteiger partial charge in [-0.25, -0.2) is 0 Å². The van der Waals surface area contributed by atoms with Crippen molar-refractivity contribution >= 4 is 71.4 Å². The Kier molecular flexibility index (Phi) is 16.7. The zero-order valence-electron chi connectivity index (χ0n) is 22.9. The van der Waals surface area contributed by atoms with Gasteiger partial charge in [0.2, 0.25) is 0 Å². The first kappa shape index (κ1) is 35.2. The molecule has 0 spiro atoms. The van der Waals surface area contributed by atoms with Crippen molar-refractivity contribution in [3.8, 4) is 0 Å². The molecule has 0 bridgehead atoms. The fraction of sp³-hybridized carbons (Fsp3) is 0. The minimum Gasteiger partial charge on any atom is -0.573 e. The van der Waals surface area contributed by atoms with Crippen molar-refractivity contribution in [1.82, 2.24) is 0 Å². The molecule has 212 valence electrons. The Balaban J connectivity index is 0.000000265. The van der Waals surface area contributed by atoms with Gasteiger partial charge in [0.1, 0.15) is 0 Å². The molecule has 42 heavy (non-hydrogen) atoms. The molecule has 0 aliphatic carbocycles. The normalized spacial score (nSPS) is 9.67. The molecule has 6 rings (SSSR count). The Morgan fingerprint density at radius 2 is 0.405 bits per heavy atom. The number of hydrogen-bond acceptors (Lipinski definition) is 1. The van der Waals surface area contributed by atoms with Gasteiger partial charge in [0.15, 0.2) is 0 Å². The summed E-state index contributed by atoms with van der Waals surface area (Å²) < 4.78 is 0. The number of benzene rings is 6. The van der Waals surface area contributed by atoms with E-state index in [1.807, 2.05) is 0 Å². The molecular weight excluding hydrogens is 794 g/mol. The second-order valence-corrected chi connectivity index (χ2v) is 13.1. The summed E-state index contributed by atoms with van der Waals surface area (Å²) in [6, 6.07) is 64.7. The molecule has 0 aliphatic rings. The molecule has 0 heterocycles. The third kappa shape index (κ3) is 10.1. The predicted molar refractivity (Wildman–Crippen MR) is 186 cm³/mol. The van der Waals surface area contributed by atoms with Gasteiger partial charge in [-0.15, -0.1) is 17.0 Å². The largest absolute Gasteiger partial charge is 0.573 e. The van der Waals surface area contributed by atoms with Crippen LogP contribution < -0.4 is 31.8 Å². The van der Waals surface area contributed by atoms with E-state index in [0.717, 1.165) is 0 Å². The van der Waals surface area contributed by atoms with Crippen molar-refractivity contribution in [2.45, 2.75) is 0 Å². The maximum atomic E-state index is 7.50. The van der Waals surface area contributed by atoms with Gasteiger partial charge in [-0.1, -0.05) is 182 Å².